The van der Waals surface area contributed by atoms with E-state index in [4.69, 9.17) is 4.42 Å². The Bertz CT molecular complexity index is 612. The second kappa shape index (κ2) is 7.92. The van der Waals surface area contributed by atoms with E-state index in [9.17, 15) is 5.11 Å². The quantitative estimate of drug-likeness (QED) is 0.777. The molecular weight excluding hydrogens is 306 g/mol. The monoisotopic (exact) mass is 333 g/mol. The van der Waals surface area contributed by atoms with Gasteiger partial charge in [-0.25, -0.2) is 4.98 Å². The number of oxazole rings is 1. The topological polar surface area (TPSA) is 70.6 Å². The Kier molecular flexibility index (Phi) is 5.65. The predicted molar refractivity (Wildman–Crippen MR) is 90.4 cm³/mol. The molecule has 0 amide bonds. The van der Waals surface area contributed by atoms with Gasteiger partial charge >= 0.3 is 0 Å². The third kappa shape index (κ3) is 4.43. The first-order chi connectivity index (χ1) is 11.6. The Labute approximate surface area is 142 Å². The fourth-order valence-electron chi connectivity index (χ4n) is 3.24. The van der Waals surface area contributed by atoms with Crippen molar-refractivity contribution in [2.24, 2.45) is 0 Å². The molecule has 1 saturated heterocycles. The lowest BCUT2D eigenvalue weighted by Crippen LogP contribution is -2.37. The smallest absolute Gasteiger partial charge is 0.208 e. The van der Waals surface area contributed by atoms with Crippen LogP contribution < -0.4 is 0 Å². The van der Waals surface area contributed by atoms with Gasteiger partial charge in [0, 0.05) is 37.9 Å². The molecule has 1 N–H and O–H groups in total. The molecule has 2 atom stereocenters. The van der Waals surface area contributed by atoms with Crippen LogP contribution in [0.15, 0.2) is 29.1 Å². The molecule has 0 spiro atoms. The molecule has 1 fully saturated rings. The summed E-state index contributed by atoms with van der Waals surface area (Å²) in [5, 5.41) is 14.4. The fraction of sp³-hybridized carbons (Fsp3) is 0.647. The fourth-order valence-corrected chi connectivity index (χ4v) is 3.24. The summed E-state index contributed by atoms with van der Waals surface area (Å²) >= 11 is 0. The number of nitrogens with zero attached hydrogens (tertiary/aromatic N) is 5. The zero-order chi connectivity index (χ0) is 16.9. The number of hydrogen-bond acceptors (Lipinski definition) is 6. The SMILES string of the molecule is CCc1cnc(CN(C)[C@@H]2CCN(C[C@H](O)Cn3cccn3)C2)o1. The lowest BCUT2D eigenvalue weighted by molar-refractivity contribution is 0.101. The van der Waals surface area contributed by atoms with Gasteiger partial charge in [-0.3, -0.25) is 14.5 Å². The van der Waals surface area contributed by atoms with Gasteiger partial charge in [-0.05, 0) is 26.1 Å². The van der Waals surface area contributed by atoms with E-state index in [1.54, 1.807) is 10.9 Å². The average molecular weight is 333 g/mol. The zero-order valence-electron chi connectivity index (χ0n) is 14.5. The number of rotatable bonds is 8. The molecule has 1 aliphatic heterocycles. The van der Waals surface area contributed by atoms with Gasteiger partial charge < -0.3 is 9.52 Å². The third-order valence-corrected chi connectivity index (χ3v) is 4.63. The van der Waals surface area contributed by atoms with Crippen LogP contribution in [-0.4, -0.2) is 68.5 Å². The van der Waals surface area contributed by atoms with Gasteiger partial charge in [-0.15, -0.1) is 0 Å². The second-order valence-electron chi connectivity index (χ2n) is 6.57. The van der Waals surface area contributed by atoms with E-state index in [0.717, 1.165) is 44.1 Å². The highest BCUT2D eigenvalue weighted by atomic mass is 16.4. The minimum Gasteiger partial charge on any atom is -0.444 e. The Morgan fingerprint density at radius 1 is 1.46 bits per heavy atom. The van der Waals surface area contributed by atoms with E-state index in [2.05, 4.69) is 33.9 Å². The minimum absolute atomic E-state index is 0.396. The maximum Gasteiger partial charge on any atom is 0.208 e. The summed E-state index contributed by atoms with van der Waals surface area (Å²) < 4.78 is 7.47. The molecule has 0 radical (unpaired) electrons. The maximum atomic E-state index is 10.2. The van der Waals surface area contributed by atoms with Gasteiger partial charge in [0.15, 0.2) is 0 Å². The first kappa shape index (κ1) is 17.1. The van der Waals surface area contributed by atoms with Crippen molar-refractivity contribution in [2.75, 3.05) is 26.7 Å². The molecule has 7 nitrogen and oxygen atoms in total. The van der Waals surface area contributed by atoms with Crippen LogP contribution in [0.3, 0.4) is 0 Å². The van der Waals surface area contributed by atoms with Crippen molar-refractivity contribution in [3.63, 3.8) is 0 Å². The van der Waals surface area contributed by atoms with E-state index >= 15 is 0 Å². The number of aryl methyl sites for hydroxylation is 1. The van der Waals surface area contributed by atoms with Crippen molar-refractivity contribution in [1.82, 2.24) is 24.6 Å². The number of aliphatic hydroxyl groups is 1. The normalized spacial score (nSPS) is 20.1. The number of likely N-dealkylation sites (tertiary alicyclic amines) is 1. The highest BCUT2D eigenvalue weighted by molar-refractivity contribution is 4.94. The van der Waals surface area contributed by atoms with Crippen LogP contribution >= 0.6 is 0 Å². The van der Waals surface area contributed by atoms with Gasteiger partial charge in [-0.1, -0.05) is 6.92 Å². The van der Waals surface area contributed by atoms with E-state index in [-0.39, 0.29) is 0 Å². The minimum atomic E-state index is -0.396. The number of hydrogen-bond donors (Lipinski definition) is 1. The standard InChI is InChI=1S/C17H27N5O2/c1-3-16-9-18-17(24-16)13-20(2)14-5-8-21(10-14)11-15(23)12-22-7-4-6-19-22/h4,6-7,9,14-15,23H,3,5,8,10-13H2,1-2H3/t14-,15+/m1/s1. The van der Waals surface area contributed by atoms with Gasteiger partial charge in [0.25, 0.3) is 0 Å². The highest BCUT2D eigenvalue weighted by Crippen LogP contribution is 2.17. The zero-order valence-corrected chi connectivity index (χ0v) is 14.5. The molecule has 1 aliphatic rings. The molecule has 0 saturated carbocycles. The van der Waals surface area contributed by atoms with Gasteiger partial charge in [0.2, 0.25) is 5.89 Å². The number of aromatic nitrogens is 3. The number of likely N-dealkylation sites (N-methyl/N-ethyl adjacent to an activating group) is 1. The predicted octanol–water partition coefficient (Wildman–Crippen LogP) is 1.00. The molecule has 0 aromatic carbocycles. The Morgan fingerprint density at radius 3 is 3.04 bits per heavy atom. The Balaban J connectivity index is 1.44. The van der Waals surface area contributed by atoms with E-state index < -0.39 is 6.10 Å². The van der Waals surface area contributed by atoms with Crippen LogP contribution in [0.25, 0.3) is 0 Å². The molecule has 24 heavy (non-hydrogen) atoms. The van der Waals surface area contributed by atoms with Gasteiger partial charge in [0.1, 0.15) is 5.76 Å². The Hall–Kier alpha value is -1.70. The first-order valence-electron chi connectivity index (χ1n) is 8.65. The van der Waals surface area contributed by atoms with Crippen molar-refractivity contribution < 1.29 is 9.52 Å². The molecule has 0 bridgehead atoms. The average Bonchev–Trinajstić information content (AvgIpc) is 3.28. The van der Waals surface area contributed by atoms with Crippen molar-refractivity contribution in [2.45, 2.75) is 45.0 Å². The third-order valence-electron chi connectivity index (χ3n) is 4.63. The van der Waals surface area contributed by atoms with E-state index in [0.29, 0.717) is 19.1 Å². The summed E-state index contributed by atoms with van der Waals surface area (Å²) in [4.78, 5) is 8.95. The molecule has 3 heterocycles. The first-order valence-corrected chi connectivity index (χ1v) is 8.65. The summed E-state index contributed by atoms with van der Waals surface area (Å²) in [6.45, 7) is 6.00. The number of aliphatic hydroxyl groups excluding tert-OH is 1. The van der Waals surface area contributed by atoms with Crippen LogP contribution in [0.4, 0.5) is 0 Å². The number of β-amino-alcohol motifs (C(OH)–C–C–N with tert-alkyl or cyclic N) is 1. The molecule has 0 aliphatic carbocycles. The lowest BCUT2D eigenvalue weighted by Gasteiger charge is -2.24. The summed E-state index contributed by atoms with van der Waals surface area (Å²) in [6.07, 6.45) is 7.02. The summed E-state index contributed by atoms with van der Waals surface area (Å²) in [6, 6.07) is 2.35. The molecule has 3 rings (SSSR count). The Morgan fingerprint density at radius 2 is 2.33 bits per heavy atom. The van der Waals surface area contributed by atoms with E-state index in [1.165, 1.54) is 0 Å². The molecule has 7 heteroatoms. The highest BCUT2D eigenvalue weighted by Gasteiger charge is 2.27. The summed E-state index contributed by atoms with van der Waals surface area (Å²) in [7, 11) is 2.12. The lowest BCUT2D eigenvalue weighted by atomic mass is 10.2. The van der Waals surface area contributed by atoms with Crippen molar-refractivity contribution in [3.8, 4) is 0 Å². The van der Waals surface area contributed by atoms with Gasteiger partial charge in [-0.2, -0.15) is 5.10 Å². The van der Waals surface area contributed by atoms with Crippen LogP contribution in [-0.2, 0) is 19.5 Å². The van der Waals surface area contributed by atoms with Crippen molar-refractivity contribution in [3.05, 3.63) is 36.3 Å². The van der Waals surface area contributed by atoms with Crippen molar-refractivity contribution in [1.29, 1.82) is 0 Å². The van der Waals surface area contributed by atoms with E-state index in [1.807, 2.05) is 18.5 Å². The van der Waals surface area contributed by atoms with Crippen LogP contribution in [0.1, 0.15) is 25.0 Å². The van der Waals surface area contributed by atoms with Crippen LogP contribution in [0.2, 0.25) is 0 Å². The molecule has 2 aromatic heterocycles. The maximum absolute atomic E-state index is 10.2. The van der Waals surface area contributed by atoms with Crippen LogP contribution in [0, 0.1) is 0 Å². The summed E-state index contributed by atoms with van der Waals surface area (Å²) in [5.41, 5.74) is 0. The molecule has 0 unspecified atom stereocenters. The largest absolute Gasteiger partial charge is 0.444 e. The van der Waals surface area contributed by atoms with Crippen LogP contribution in [0.5, 0.6) is 0 Å². The van der Waals surface area contributed by atoms with Gasteiger partial charge in [0.05, 0.1) is 25.4 Å². The molecule has 2 aromatic rings. The summed E-state index contributed by atoms with van der Waals surface area (Å²) in [5.74, 6) is 1.72. The molecule has 132 valence electrons. The molecular formula is C17H27N5O2. The second-order valence-corrected chi connectivity index (χ2v) is 6.57. The van der Waals surface area contributed by atoms with Crippen molar-refractivity contribution >= 4 is 0 Å².